The summed E-state index contributed by atoms with van der Waals surface area (Å²) in [6.45, 7) is 4.10. The third-order valence-corrected chi connectivity index (χ3v) is 4.83. The van der Waals surface area contributed by atoms with Crippen LogP contribution >= 0.6 is 0 Å². The monoisotopic (exact) mass is 385 g/mol. The van der Waals surface area contributed by atoms with Crippen LogP contribution in [0.3, 0.4) is 0 Å². The molecule has 146 valence electrons. The molecule has 0 saturated heterocycles. The van der Waals surface area contributed by atoms with E-state index in [1.54, 1.807) is 25.3 Å². The van der Waals surface area contributed by atoms with Gasteiger partial charge in [0.2, 0.25) is 0 Å². The number of nitrogens with zero attached hydrogens (tertiary/aromatic N) is 2. The highest BCUT2D eigenvalue weighted by atomic mass is 16.5. The molecule has 1 aliphatic rings. The number of phenolic OH excluding ortho intramolecular Hbond substituents is 1. The van der Waals surface area contributed by atoms with Gasteiger partial charge in [-0.3, -0.25) is 0 Å². The van der Waals surface area contributed by atoms with Crippen molar-refractivity contribution in [3.8, 4) is 11.5 Å². The fourth-order valence-electron chi connectivity index (χ4n) is 3.34. The second-order valence-electron chi connectivity index (χ2n) is 7.12. The predicted molar refractivity (Wildman–Crippen MR) is 116 cm³/mol. The van der Waals surface area contributed by atoms with Crippen molar-refractivity contribution in [2.24, 2.45) is 9.98 Å². The Hall–Kier alpha value is -3.60. The Labute approximate surface area is 170 Å². The highest BCUT2D eigenvalue weighted by Crippen LogP contribution is 2.29. The lowest BCUT2D eigenvalue weighted by atomic mass is 10.1. The van der Waals surface area contributed by atoms with Gasteiger partial charge in [-0.1, -0.05) is 53.6 Å². The summed E-state index contributed by atoms with van der Waals surface area (Å²) in [7, 11) is 1.57. The number of rotatable bonds is 4. The first-order valence-electron chi connectivity index (χ1n) is 9.47. The number of amidine groups is 2. The van der Waals surface area contributed by atoms with E-state index in [1.165, 1.54) is 0 Å². The minimum absolute atomic E-state index is 0.101. The van der Waals surface area contributed by atoms with Gasteiger partial charge in [0.1, 0.15) is 23.2 Å². The number of aryl methyl sites for hydroxylation is 2. The van der Waals surface area contributed by atoms with Gasteiger partial charge < -0.3 is 15.2 Å². The molecule has 4 rings (SSSR count). The fraction of sp³-hybridized carbons (Fsp3) is 0.167. The molecule has 1 unspecified atom stereocenters. The largest absolute Gasteiger partial charge is 0.507 e. The number of hydrogen-bond acceptors (Lipinski definition) is 5. The number of hydrogen-bond donors (Lipinski definition) is 2. The van der Waals surface area contributed by atoms with E-state index in [0.717, 1.165) is 28.1 Å². The summed E-state index contributed by atoms with van der Waals surface area (Å²) in [5.74, 6) is 1.98. The maximum Gasteiger partial charge on any atom is 0.169 e. The van der Waals surface area contributed by atoms with Gasteiger partial charge in [-0.25, -0.2) is 9.98 Å². The van der Waals surface area contributed by atoms with Gasteiger partial charge in [-0.15, -0.1) is 0 Å². The van der Waals surface area contributed by atoms with Crippen LogP contribution in [-0.2, 0) is 0 Å². The summed E-state index contributed by atoms with van der Waals surface area (Å²) >= 11 is 0. The van der Waals surface area contributed by atoms with E-state index in [0.29, 0.717) is 17.1 Å². The lowest BCUT2D eigenvalue weighted by molar-refractivity contribution is 0.407. The normalized spacial score (nSPS) is 15.9. The lowest BCUT2D eigenvalue weighted by Gasteiger charge is -2.23. The predicted octanol–water partition coefficient (Wildman–Crippen LogP) is 4.51. The molecule has 0 saturated carbocycles. The Morgan fingerprint density at radius 1 is 0.862 bits per heavy atom. The average molecular weight is 385 g/mol. The molecule has 0 aliphatic carbocycles. The van der Waals surface area contributed by atoms with E-state index in [2.05, 4.69) is 43.4 Å². The van der Waals surface area contributed by atoms with Crippen molar-refractivity contribution in [3.63, 3.8) is 0 Å². The number of phenols is 1. The molecular weight excluding hydrogens is 362 g/mol. The number of benzene rings is 3. The van der Waals surface area contributed by atoms with Gasteiger partial charge in [-0.2, -0.15) is 0 Å². The van der Waals surface area contributed by atoms with Gasteiger partial charge >= 0.3 is 0 Å². The SMILES string of the molecule is COc1ccc(C2=NC(c3cccc(C)c3)N=C(c3cccc(C)c3)N2)c(O)c1. The second-order valence-corrected chi connectivity index (χ2v) is 7.12. The Balaban J connectivity index is 1.81. The summed E-state index contributed by atoms with van der Waals surface area (Å²) < 4.78 is 5.20. The zero-order valence-electron chi connectivity index (χ0n) is 16.7. The van der Waals surface area contributed by atoms with Crippen LogP contribution in [0.4, 0.5) is 0 Å². The lowest BCUT2D eigenvalue weighted by Crippen LogP contribution is -2.36. The number of ether oxygens (including phenoxy) is 1. The molecule has 3 aromatic carbocycles. The van der Waals surface area contributed by atoms with Crippen molar-refractivity contribution >= 4 is 11.7 Å². The van der Waals surface area contributed by atoms with E-state index in [9.17, 15) is 5.11 Å². The molecule has 0 fully saturated rings. The third kappa shape index (κ3) is 3.99. The first-order chi connectivity index (χ1) is 14.0. The van der Waals surface area contributed by atoms with E-state index in [-0.39, 0.29) is 5.75 Å². The van der Waals surface area contributed by atoms with Crippen molar-refractivity contribution in [2.75, 3.05) is 7.11 Å². The van der Waals surface area contributed by atoms with Crippen molar-refractivity contribution in [2.45, 2.75) is 20.0 Å². The van der Waals surface area contributed by atoms with Gasteiger partial charge in [0, 0.05) is 11.6 Å². The third-order valence-electron chi connectivity index (χ3n) is 4.83. The standard InChI is InChI=1S/C24H23N3O2/c1-15-6-4-8-17(12-15)22-25-23(18-9-5-7-16(2)13-18)27-24(26-22)20-11-10-19(29-3)14-21(20)28/h4-14,22,28H,1-3H3,(H,25,26,27). The quantitative estimate of drug-likeness (QED) is 0.694. The second kappa shape index (κ2) is 7.80. The van der Waals surface area contributed by atoms with Crippen LogP contribution in [0.15, 0.2) is 76.7 Å². The number of nitrogens with one attached hydrogen (secondary N) is 1. The van der Waals surface area contributed by atoms with Crippen LogP contribution in [0.2, 0.25) is 0 Å². The number of aromatic hydroxyl groups is 1. The van der Waals surface area contributed by atoms with Crippen LogP contribution in [0, 0.1) is 13.8 Å². The Bertz CT molecular complexity index is 1120. The summed E-state index contributed by atoms with van der Waals surface area (Å²) in [5.41, 5.74) is 4.88. The van der Waals surface area contributed by atoms with Gasteiger partial charge in [-0.05, 0) is 37.6 Å². The van der Waals surface area contributed by atoms with Gasteiger partial charge in [0.15, 0.2) is 6.17 Å². The highest BCUT2D eigenvalue weighted by molar-refractivity contribution is 6.16. The smallest absolute Gasteiger partial charge is 0.169 e. The molecule has 0 bridgehead atoms. The summed E-state index contributed by atoms with van der Waals surface area (Å²) in [6, 6.07) is 21.5. The maximum atomic E-state index is 10.5. The van der Waals surface area contributed by atoms with E-state index in [4.69, 9.17) is 14.7 Å². The molecule has 5 heteroatoms. The van der Waals surface area contributed by atoms with Crippen molar-refractivity contribution in [1.29, 1.82) is 0 Å². The average Bonchev–Trinajstić information content (AvgIpc) is 2.73. The molecule has 0 amide bonds. The maximum absolute atomic E-state index is 10.5. The molecule has 0 aromatic heterocycles. The van der Waals surface area contributed by atoms with Crippen molar-refractivity contribution in [3.05, 3.63) is 94.5 Å². The summed E-state index contributed by atoms with van der Waals surface area (Å²) in [4.78, 5) is 9.65. The first-order valence-corrected chi connectivity index (χ1v) is 9.47. The van der Waals surface area contributed by atoms with Gasteiger partial charge in [0.05, 0.1) is 12.7 Å². The molecule has 3 aromatic rings. The van der Waals surface area contributed by atoms with Crippen LogP contribution in [0.25, 0.3) is 0 Å². The summed E-state index contributed by atoms with van der Waals surface area (Å²) in [6.07, 6.45) is -0.400. The molecular formula is C24H23N3O2. The molecule has 0 radical (unpaired) electrons. The number of methoxy groups -OCH3 is 1. The van der Waals surface area contributed by atoms with Crippen LogP contribution in [-0.4, -0.2) is 23.9 Å². The molecule has 29 heavy (non-hydrogen) atoms. The van der Waals surface area contributed by atoms with Crippen LogP contribution < -0.4 is 10.1 Å². The molecule has 2 N–H and O–H groups in total. The Kier molecular flexibility index (Phi) is 5.04. The minimum Gasteiger partial charge on any atom is -0.507 e. The van der Waals surface area contributed by atoms with Crippen molar-refractivity contribution in [1.82, 2.24) is 5.32 Å². The zero-order chi connectivity index (χ0) is 20.4. The minimum atomic E-state index is -0.400. The highest BCUT2D eigenvalue weighted by Gasteiger charge is 2.22. The zero-order valence-corrected chi connectivity index (χ0v) is 16.7. The first kappa shape index (κ1) is 18.7. The topological polar surface area (TPSA) is 66.2 Å². The van der Waals surface area contributed by atoms with Gasteiger partial charge in [0.25, 0.3) is 0 Å². The van der Waals surface area contributed by atoms with E-state index < -0.39 is 6.17 Å². The van der Waals surface area contributed by atoms with Crippen molar-refractivity contribution < 1.29 is 9.84 Å². The molecule has 1 atom stereocenters. The molecule has 0 spiro atoms. The molecule has 1 heterocycles. The van der Waals surface area contributed by atoms with E-state index >= 15 is 0 Å². The Morgan fingerprint density at radius 2 is 1.59 bits per heavy atom. The summed E-state index contributed by atoms with van der Waals surface area (Å²) in [5, 5.41) is 13.8. The Morgan fingerprint density at radius 3 is 2.28 bits per heavy atom. The van der Waals surface area contributed by atoms with Crippen LogP contribution in [0.1, 0.15) is 34.0 Å². The molecule has 1 aliphatic heterocycles. The number of aliphatic imine (C=N–C) groups is 2. The van der Waals surface area contributed by atoms with E-state index in [1.807, 2.05) is 24.3 Å². The molecule has 5 nitrogen and oxygen atoms in total. The van der Waals surface area contributed by atoms with Crippen LogP contribution in [0.5, 0.6) is 11.5 Å². The fourth-order valence-corrected chi connectivity index (χ4v) is 3.34.